The Hall–Kier alpha value is -2.86. The van der Waals surface area contributed by atoms with Crippen molar-refractivity contribution in [2.24, 2.45) is 17.8 Å². The van der Waals surface area contributed by atoms with Crippen molar-refractivity contribution in [3.8, 4) is 5.75 Å². The summed E-state index contributed by atoms with van der Waals surface area (Å²) in [5.41, 5.74) is 1.39. The average molecular weight is 551 g/mol. The van der Waals surface area contributed by atoms with Gasteiger partial charge in [-0.1, -0.05) is 70.2 Å². The molecule has 0 aliphatic carbocycles. The molecule has 0 bridgehead atoms. The maximum Gasteiger partial charge on any atom is 0.329 e. The van der Waals surface area contributed by atoms with Crippen LogP contribution in [0.25, 0.3) is 0 Å². The van der Waals surface area contributed by atoms with Crippen molar-refractivity contribution in [2.75, 3.05) is 13.1 Å². The Kier molecular flexibility index (Phi) is 11.6. The van der Waals surface area contributed by atoms with Gasteiger partial charge in [0.2, 0.25) is 5.91 Å². The molecule has 0 radical (unpaired) electrons. The lowest BCUT2D eigenvalue weighted by Gasteiger charge is -2.40. The number of likely N-dealkylation sites (tertiary alicyclic amines) is 1. The molecule has 6 heteroatoms. The van der Waals surface area contributed by atoms with E-state index >= 15 is 0 Å². The van der Waals surface area contributed by atoms with Crippen molar-refractivity contribution in [3.05, 3.63) is 65.7 Å². The summed E-state index contributed by atoms with van der Waals surface area (Å²) in [6.07, 6.45) is 3.32. The van der Waals surface area contributed by atoms with Crippen LogP contribution in [0.5, 0.6) is 5.75 Å². The maximum absolute atomic E-state index is 13.8. The molecule has 1 amide bonds. The van der Waals surface area contributed by atoms with E-state index in [4.69, 9.17) is 9.47 Å². The van der Waals surface area contributed by atoms with Crippen molar-refractivity contribution >= 4 is 11.9 Å². The number of nitrogens with one attached hydrogen (secondary N) is 1. The first-order chi connectivity index (χ1) is 18.9. The highest BCUT2D eigenvalue weighted by Crippen LogP contribution is 2.29. The maximum atomic E-state index is 13.8. The highest BCUT2D eigenvalue weighted by molar-refractivity contribution is 5.88. The molecule has 1 heterocycles. The van der Waals surface area contributed by atoms with Crippen LogP contribution < -0.4 is 10.1 Å². The van der Waals surface area contributed by atoms with Gasteiger partial charge >= 0.3 is 5.97 Å². The molecule has 40 heavy (non-hydrogen) atoms. The van der Waals surface area contributed by atoms with Crippen LogP contribution in [0.3, 0.4) is 0 Å². The second-order valence-corrected chi connectivity index (χ2v) is 13.0. The molecular weight excluding hydrogens is 500 g/mol. The Labute approximate surface area is 241 Å². The topological polar surface area (TPSA) is 67.9 Å². The van der Waals surface area contributed by atoms with E-state index in [1.54, 1.807) is 0 Å². The van der Waals surface area contributed by atoms with Gasteiger partial charge in [-0.15, -0.1) is 0 Å². The third kappa shape index (κ3) is 10.3. The Morgan fingerprint density at radius 2 is 1.65 bits per heavy atom. The highest BCUT2D eigenvalue weighted by Gasteiger charge is 2.36. The SMILES string of the molecule is CC(C)CCN1CCC(C(C)C)CC1C(=O)N[C@@H](Cc1ccc(OCc2ccccc2)cc1)C(=O)OC(C)(C)C. The lowest BCUT2D eigenvalue weighted by molar-refractivity contribution is -0.159. The van der Waals surface area contributed by atoms with Crippen molar-refractivity contribution in [1.29, 1.82) is 0 Å². The summed E-state index contributed by atoms with van der Waals surface area (Å²) in [5.74, 6) is 1.86. The standard InChI is InChI=1S/C34H50N2O4/c1-24(2)17-19-36-20-18-28(25(3)4)22-31(36)32(37)35-30(33(38)40-34(5,6)7)21-26-13-15-29(16-14-26)39-23-27-11-9-8-10-12-27/h8-16,24-25,28,30-31H,17-23H2,1-7H3,(H,35,37)/t28?,30-,31?/m0/s1. The minimum absolute atomic E-state index is 0.0761. The van der Waals surface area contributed by atoms with E-state index in [1.165, 1.54) is 0 Å². The van der Waals surface area contributed by atoms with Gasteiger partial charge in [0, 0.05) is 6.42 Å². The third-order valence-corrected chi connectivity index (χ3v) is 7.61. The van der Waals surface area contributed by atoms with Crippen LogP contribution in [-0.2, 0) is 27.4 Å². The lowest BCUT2D eigenvalue weighted by atomic mass is 9.82. The van der Waals surface area contributed by atoms with E-state index in [1.807, 2.05) is 75.4 Å². The Balaban J connectivity index is 1.72. The zero-order valence-electron chi connectivity index (χ0n) is 25.6. The zero-order valence-corrected chi connectivity index (χ0v) is 25.6. The predicted molar refractivity (Wildman–Crippen MR) is 161 cm³/mol. The fourth-order valence-corrected chi connectivity index (χ4v) is 5.14. The summed E-state index contributed by atoms with van der Waals surface area (Å²) in [6.45, 7) is 16.7. The van der Waals surface area contributed by atoms with Gasteiger partial charge in [-0.2, -0.15) is 0 Å². The number of rotatable bonds is 12. The number of nitrogens with zero attached hydrogens (tertiary/aromatic N) is 1. The lowest BCUT2D eigenvalue weighted by Crippen LogP contribution is -2.56. The molecule has 6 nitrogen and oxygen atoms in total. The molecular formula is C34H50N2O4. The second-order valence-electron chi connectivity index (χ2n) is 13.0. The number of ether oxygens (including phenoxy) is 2. The van der Waals surface area contributed by atoms with E-state index in [-0.39, 0.29) is 11.9 Å². The van der Waals surface area contributed by atoms with Crippen molar-refractivity contribution in [1.82, 2.24) is 10.2 Å². The van der Waals surface area contributed by atoms with Crippen LogP contribution in [0.4, 0.5) is 0 Å². The number of hydrogen-bond acceptors (Lipinski definition) is 5. The van der Waals surface area contributed by atoms with Crippen LogP contribution in [0.2, 0.25) is 0 Å². The summed E-state index contributed by atoms with van der Waals surface area (Å²) in [5, 5.41) is 3.11. The summed E-state index contributed by atoms with van der Waals surface area (Å²) in [6, 6.07) is 16.8. The smallest absolute Gasteiger partial charge is 0.329 e. The monoisotopic (exact) mass is 550 g/mol. The molecule has 1 aliphatic heterocycles. The number of esters is 1. The van der Waals surface area contributed by atoms with E-state index < -0.39 is 17.6 Å². The normalized spacial score (nSPS) is 18.9. The van der Waals surface area contributed by atoms with Gasteiger partial charge in [0.25, 0.3) is 0 Å². The first kappa shape index (κ1) is 31.7. The fourth-order valence-electron chi connectivity index (χ4n) is 5.14. The van der Waals surface area contributed by atoms with Gasteiger partial charge in [0.05, 0.1) is 6.04 Å². The zero-order chi connectivity index (χ0) is 29.3. The molecule has 1 aliphatic rings. The number of piperidine rings is 1. The van der Waals surface area contributed by atoms with E-state index in [0.29, 0.717) is 30.8 Å². The van der Waals surface area contributed by atoms with Crippen molar-refractivity contribution in [2.45, 2.75) is 98.4 Å². The molecule has 220 valence electrons. The number of hydrogen-bond donors (Lipinski definition) is 1. The quantitative estimate of drug-likeness (QED) is 0.309. The summed E-state index contributed by atoms with van der Waals surface area (Å²) >= 11 is 0. The van der Waals surface area contributed by atoms with Crippen molar-refractivity contribution < 1.29 is 19.1 Å². The number of benzene rings is 2. The number of carbonyl (C=O) groups is 2. The highest BCUT2D eigenvalue weighted by atomic mass is 16.6. The van der Waals surface area contributed by atoms with Crippen LogP contribution in [0, 0.1) is 17.8 Å². The molecule has 3 atom stereocenters. The van der Waals surface area contributed by atoms with E-state index in [2.05, 4.69) is 37.9 Å². The van der Waals surface area contributed by atoms with Gasteiger partial charge in [-0.25, -0.2) is 4.79 Å². The predicted octanol–water partition coefficient (Wildman–Crippen LogP) is 6.42. The summed E-state index contributed by atoms with van der Waals surface area (Å²) in [4.78, 5) is 29.4. The molecule has 1 fully saturated rings. The Morgan fingerprint density at radius 1 is 0.975 bits per heavy atom. The first-order valence-electron chi connectivity index (χ1n) is 14.9. The van der Waals surface area contributed by atoms with Crippen LogP contribution in [0.15, 0.2) is 54.6 Å². The third-order valence-electron chi connectivity index (χ3n) is 7.61. The molecule has 1 saturated heterocycles. The molecule has 2 aromatic carbocycles. The molecule has 3 rings (SSSR count). The molecule has 0 saturated carbocycles. The molecule has 0 aromatic heterocycles. The second kappa shape index (κ2) is 14.7. The summed E-state index contributed by atoms with van der Waals surface area (Å²) in [7, 11) is 0. The van der Waals surface area contributed by atoms with Crippen LogP contribution in [0.1, 0.15) is 78.9 Å². The molecule has 0 spiro atoms. The fraction of sp³-hybridized carbons (Fsp3) is 0.588. The Bertz CT molecular complexity index is 1060. The van der Waals surface area contributed by atoms with Crippen LogP contribution in [-0.4, -0.2) is 47.6 Å². The minimum Gasteiger partial charge on any atom is -0.489 e. The van der Waals surface area contributed by atoms with E-state index in [9.17, 15) is 9.59 Å². The van der Waals surface area contributed by atoms with Gasteiger partial charge in [0.15, 0.2) is 0 Å². The minimum atomic E-state index is -0.769. The van der Waals surface area contributed by atoms with Crippen LogP contribution >= 0.6 is 0 Å². The van der Waals surface area contributed by atoms with Gasteiger partial charge in [-0.3, -0.25) is 9.69 Å². The average Bonchev–Trinajstić information content (AvgIpc) is 2.90. The van der Waals surface area contributed by atoms with Gasteiger partial charge in [0.1, 0.15) is 24.0 Å². The summed E-state index contributed by atoms with van der Waals surface area (Å²) < 4.78 is 11.7. The largest absolute Gasteiger partial charge is 0.489 e. The van der Waals surface area contributed by atoms with Gasteiger partial charge < -0.3 is 14.8 Å². The van der Waals surface area contributed by atoms with E-state index in [0.717, 1.165) is 49.2 Å². The molecule has 1 N–H and O–H groups in total. The number of amides is 1. The van der Waals surface area contributed by atoms with Crippen molar-refractivity contribution in [3.63, 3.8) is 0 Å². The Morgan fingerprint density at radius 3 is 2.25 bits per heavy atom. The first-order valence-corrected chi connectivity index (χ1v) is 14.9. The van der Waals surface area contributed by atoms with Gasteiger partial charge in [-0.05, 0) is 94.1 Å². The number of carbonyl (C=O) groups excluding carboxylic acids is 2. The molecule has 2 unspecified atom stereocenters. The molecule has 2 aromatic rings.